The van der Waals surface area contributed by atoms with E-state index in [1.807, 2.05) is 0 Å². The first kappa shape index (κ1) is 17.6. The van der Waals surface area contributed by atoms with E-state index in [4.69, 9.17) is 4.74 Å². The maximum Gasteiger partial charge on any atom is 0.410 e. The molecule has 0 spiro atoms. The molecule has 1 aliphatic heterocycles. The Bertz CT molecular complexity index is 555. The van der Waals surface area contributed by atoms with Gasteiger partial charge in [0.05, 0.1) is 18.7 Å². The van der Waals surface area contributed by atoms with E-state index in [1.165, 1.54) is 23.1 Å². The van der Waals surface area contributed by atoms with Gasteiger partial charge < -0.3 is 20.1 Å². The van der Waals surface area contributed by atoms with Crippen molar-refractivity contribution in [3.63, 3.8) is 0 Å². The lowest BCUT2D eigenvalue weighted by atomic mass is 10.1. The second-order valence-electron chi connectivity index (χ2n) is 6.64. The molecule has 128 valence electrons. The van der Waals surface area contributed by atoms with Crippen molar-refractivity contribution in [3.05, 3.63) is 35.4 Å². The van der Waals surface area contributed by atoms with Crippen LogP contribution in [0.1, 0.15) is 26.3 Å². The van der Waals surface area contributed by atoms with Gasteiger partial charge in [-0.05, 0) is 32.9 Å². The highest BCUT2D eigenvalue weighted by molar-refractivity contribution is 5.68. The third-order valence-electron chi connectivity index (χ3n) is 3.54. The van der Waals surface area contributed by atoms with Crippen LogP contribution in [0.3, 0.4) is 0 Å². The zero-order valence-electron chi connectivity index (χ0n) is 13.5. The van der Waals surface area contributed by atoms with Gasteiger partial charge in [-0.2, -0.15) is 0 Å². The Balaban J connectivity index is 1.93. The molecule has 7 heteroatoms. The number of benzene rings is 1. The summed E-state index contributed by atoms with van der Waals surface area (Å²) in [5, 5.41) is 12.9. The smallest absolute Gasteiger partial charge is 0.410 e. The van der Waals surface area contributed by atoms with Gasteiger partial charge in [-0.25, -0.2) is 13.6 Å². The molecule has 0 radical (unpaired) electrons. The van der Waals surface area contributed by atoms with E-state index < -0.39 is 35.5 Å². The van der Waals surface area contributed by atoms with Gasteiger partial charge in [0.15, 0.2) is 0 Å². The van der Waals surface area contributed by atoms with Crippen molar-refractivity contribution in [2.24, 2.45) is 0 Å². The summed E-state index contributed by atoms with van der Waals surface area (Å²) in [7, 11) is 0. The number of carbonyl (C=O) groups excluding carboxylic acids is 1. The van der Waals surface area contributed by atoms with Crippen molar-refractivity contribution in [1.29, 1.82) is 0 Å². The number of halogens is 2. The molecule has 1 saturated heterocycles. The second-order valence-corrected chi connectivity index (χ2v) is 6.64. The number of carbonyl (C=O) groups is 1. The molecular weight excluding hydrogens is 306 g/mol. The number of hydrogen-bond acceptors (Lipinski definition) is 4. The minimum absolute atomic E-state index is 0.0671. The predicted molar refractivity (Wildman–Crippen MR) is 80.8 cm³/mol. The van der Waals surface area contributed by atoms with Gasteiger partial charge in [0.25, 0.3) is 0 Å². The normalized spacial score (nSPS) is 21.6. The Hall–Kier alpha value is -1.73. The largest absolute Gasteiger partial charge is 0.444 e. The summed E-state index contributed by atoms with van der Waals surface area (Å²) < 4.78 is 32.4. The molecule has 1 aliphatic rings. The van der Waals surface area contributed by atoms with Crippen LogP contribution in [0.15, 0.2) is 18.2 Å². The summed E-state index contributed by atoms with van der Waals surface area (Å²) >= 11 is 0. The van der Waals surface area contributed by atoms with Crippen LogP contribution in [0.4, 0.5) is 13.6 Å². The molecule has 0 aliphatic carbocycles. The minimum atomic E-state index is -0.822. The lowest BCUT2D eigenvalue weighted by molar-refractivity contribution is 0.0270. The van der Waals surface area contributed by atoms with Gasteiger partial charge in [0, 0.05) is 18.7 Å². The summed E-state index contributed by atoms with van der Waals surface area (Å²) in [6.45, 7) is 5.54. The lowest BCUT2D eigenvalue weighted by Crippen LogP contribution is -2.40. The van der Waals surface area contributed by atoms with Crippen molar-refractivity contribution >= 4 is 6.09 Å². The van der Waals surface area contributed by atoms with Crippen LogP contribution < -0.4 is 5.32 Å². The SMILES string of the molecule is CC(C)(C)OC(=O)N1C[C@@H](O)[C@H](NCc2c(F)cccc2F)C1. The quantitative estimate of drug-likeness (QED) is 0.891. The van der Waals surface area contributed by atoms with Crippen LogP contribution in [-0.2, 0) is 11.3 Å². The van der Waals surface area contributed by atoms with E-state index in [0.29, 0.717) is 0 Å². The fourth-order valence-corrected chi connectivity index (χ4v) is 2.40. The molecule has 2 rings (SSSR count). The van der Waals surface area contributed by atoms with Crippen molar-refractivity contribution < 1.29 is 23.4 Å². The Morgan fingerprint density at radius 1 is 1.35 bits per heavy atom. The predicted octanol–water partition coefficient (Wildman–Crippen LogP) is 2.03. The van der Waals surface area contributed by atoms with Gasteiger partial charge in [-0.1, -0.05) is 6.07 Å². The number of nitrogens with one attached hydrogen (secondary N) is 1. The van der Waals surface area contributed by atoms with Crippen LogP contribution in [0.2, 0.25) is 0 Å². The fraction of sp³-hybridized carbons (Fsp3) is 0.562. The van der Waals surface area contributed by atoms with Crippen molar-refractivity contribution in [3.8, 4) is 0 Å². The van der Waals surface area contributed by atoms with E-state index in [1.54, 1.807) is 20.8 Å². The average Bonchev–Trinajstić information content (AvgIpc) is 2.78. The van der Waals surface area contributed by atoms with E-state index >= 15 is 0 Å². The molecule has 0 unspecified atom stereocenters. The van der Waals surface area contributed by atoms with E-state index in [0.717, 1.165) is 0 Å². The van der Waals surface area contributed by atoms with E-state index in [9.17, 15) is 18.7 Å². The molecule has 2 N–H and O–H groups in total. The molecule has 5 nitrogen and oxygen atoms in total. The highest BCUT2D eigenvalue weighted by Gasteiger charge is 2.36. The summed E-state index contributed by atoms with van der Waals surface area (Å²) in [6.07, 6.45) is -1.34. The number of likely N-dealkylation sites (tertiary alicyclic amines) is 1. The zero-order valence-corrected chi connectivity index (χ0v) is 13.5. The first-order valence-corrected chi connectivity index (χ1v) is 7.49. The van der Waals surface area contributed by atoms with Crippen LogP contribution in [-0.4, -0.2) is 46.9 Å². The number of amides is 1. The molecule has 1 heterocycles. The number of β-amino-alcohol motifs (C(OH)–C–C–N with tert-alkyl or cyclic N) is 1. The van der Waals surface area contributed by atoms with Crippen molar-refractivity contribution in [2.75, 3.05) is 13.1 Å². The number of hydrogen-bond donors (Lipinski definition) is 2. The molecular formula is C16H22F2N2O3. The molecule has 1 amide bonds. The van der Waals surface area contributed by atoms with Crippen molar-refractivity contribution in [2.45, 2.75) is 45.1 Å². The number of nitrogens with zero attached hydrogens (tertiary/aromatic N) is 1. The Morgan fingerprint density at radius 3 is 2.52 bits per heavy atom. The second kappa shape index (κ2) is 6.80. The van der Waals surface area contributed by atoms with Crippen LogP contribution in [0.5, 0.6) is 0 Å². The maximum atomic E-state index is 13.6. The molecule has 0 saturated carbocycles. The Kier molecular flexibility index (Phi) is 5.21. The standard InChI is InChI=1S/C16H22F2N2O3/c1-16(2,3)23-15(22)20-8-13(14(21)9-20)19-7-10-11(17)5-4-6-12(10)18/h4-6,13-14,19,21H,7-9H2,1-3H3/t13-,14-/m1/s1. The number of rotatable bonds is 3. The highest BCUT2D eigenvalue weighted by atomic mass is 19.1. The number of ether oxygens (including phenoxy) is 1. The number of aliphatic hydroxyl groups is 1. The molecule has 23 heavy (non-hydrogen) atoms. The molecule has 0 bridgehead atoms. The van der Waals surface area contributed by atoms with Gasteiger partial charge in [0.2, 0.25) is 0 Å². The van der Waals surface area contributed by atoms with Crippen LogP contribution in [0.25, 0.3) is 0 Å². The summed E-state index contributed by atoms with van der Waals surface area (Å²) in [4.78, 5) is 13.4. The molecule has 1 fully saturated rings. The summed E-state index contributed by atoms with van der Waals surface area (Å²) in [5.41, 5.74) is -0.709. The molecule has 1 aromatic rings. The zero-order chi connectivity index (χ0) is 17.2. The van der Waals surface area contributed by atoms with Gasteiger partial charge in [0.1, 0.15) is 17.2 Å². The summed E-state index contributed by atoms with van der Waals surface area (Å²) in [5.74, 6) is -1.29. The molecule has 2 atom stereocenters. The van der Waals surface area contributed by atoms with Crippen LogP contribution in [0, 0.1) is 11.6 Å². The first-order valence-electron chi connectivity index (χ1n) is 7.49. The topological polar surface area (TPSA) is 61.8 Å². The van der Waals surface area contributed by atoms with Crippen LogP contribution >= 0.6 is 0 Å². The summed E-state index contributed by atoms with van der Waals surface area (Å²) in [6, 6.07) is 3.18. The van der Waals surface area contributed by atoms with E-state index in [2.05, 4.69) is 5.32 Å². The first-order chi connectivity index (χ1) is 10.7. The molecule has 0 aromatic heterocycles. The Labute approximate surface area is 134 Å². The van der Waals surface area contributed by atoms with E-state index in [-0.39, 0.29) is 25.2 Å². The van der Waals surface area contributed by atoms with Gasteiger partial charge in [-0.3, -0.25) is 0 Å². The fourth-order valence-electron chi connectivity index (χ4n) is 2.40. The maximum absolute atomic E-state index is 13.6. The Morgan fingerprint density at radius 2 is 1.96 bits per heavy atom. The molecule has 1 aromatic carbocycles. The monoisotopic (exact) mass is 328 g/mol. The third-order valence-corrected chi connectivity index (χ3v) is 3.54. The van der Waals surface area contributed by atoms with Gasteiger partial charge >= 0.3 is 6.09 Å². The number of aliphatic hydroxyl groups excluding tert-OH is 1. The highest BCUT2D eigenvalue weighted by Crippen LogP contribution is 2.17. The third kappa shape index (κ3) is 4.62. The minimum Gasteiger partial charge on any atom is -0.444 e. The average molecular weight is 328 g/mol. The van der Waals surface area contributed by atoms with Gasteiger partial charge in [-0.15, -0.1) is 0 Å². The lowest BCUT2D eigenvalue weighted by Gasteiger charge is -2.24. The van der Waals surface area contributed by atoms with Crippen molar-refractivity contribution in [1.82, 2.24) is 10.2 Å².